The van der Waals surface area contributed by atoms with E-state index < -0.39 is 24.5 Å². The van der Waals surface area contributed by atoms with Crippen molar-refractivity contribution in [3.8, 4) is 5.75 Å². The van der Waals surface area contributed by atoms with Crippen LogP contribution >= 0.6 is 0 Å². The number of benzene rings is 2. The van der Waals surface area contributed by atoms with E-state index in [1.165, 1.54) is 0 Å². The lowest BCUT2D eigenvalue weighted by Gasteiger charge is -2.21. The molecule has 0 aliphatic carbocycles. The van der Waals surface area contributed by atoms with E-state index in [0.29, 0.717) is 23.6 Å². The molecule has 7 nitrogen and oxygen atoms in total. The van der Waals surface area contributed by atoms with Crippen molar-refractivity contribution in [2.75, 3.05) is 18.5 Å². The van der Waals surface area contributed by atoms with Gasteiger partial charge < -0.3 is 20.1 Å². The van der Waals surface area contributed by atoms with Gasteiger partial charge in [-0.05, 0) is 55.7 Å². The maximum Gasteiger partial charge on any atom is 0.329 e. The molecule has 2 aromatic carbocycles. The molecule has 0 aliphatic heterocycles. The third-order valence-electron chi connectivity index (χ3n) is 4.39. The van der Waals surface area contributed by atoms with Gasteiger partial charge in [-0.3, -0.25) is 9.59 Å². The highest BCUT2D eigenvalue weighted by atomic mass is 16.5. The number of ether oxygens (including phenoxy) is 2. The second-order valence-corrected chi connectivity index (χ2v) is 7.12. The first-order chi connectivity index (χ1) is 14.3. The number of carbonyl (C=O) groups is 3. The van der Waals surface area contributed by atoms with Crippen molar-refractivity contribution in [1.29, 1.82) is 0 Å². The standard InChI is InChI=1S/C23H28N2O5/c1-5-29-18-12-10-17(11-13-18)24-20(26)14-30-23(28)21(15(2)3)25-22(27)19-9-7-6-8-16(19)4/h6-13,15,21H,5,14H2,1-4H3,(H,24,26)(H,25,27)/t21-/m0/s1. The Bertz CT molecular complexity index is 877. The molecule has 1 atom stereocenters. The average Bonchev–Trinajstić information content (AvgIpc) is 2.72. The Kier molecular flexibility index (Phi) is 8.41. The van der Waals surface area contributed by atoms with Crippen LogP contribution in [0.4, 0.5) is 5.69 Å². The first kappa shape index (κ1) is 22.9. The molecule has 0 fully saturated rings. The fourth-order valence-electron chi connectivity index (χ4n) is 2.77. The topological polar surface area (TPSA) is 93.7 Å². The lowest BCUT2D eigenvalue weighted by atomic mass is 10.0. The van der Waals surface area contributed by atoms with E-state index in [9.17, 15) is 14.4 Å². The predicted molar refractivity (Wildman–Crippen MR) is 114 cm³/mol. The van der Waals surface area contributed by atoms with Gasteiger partial charge >= 0.3 is 5.97 Å². The van der Waals surface area contributed by atoms with Crippen LogP contribution in [-0.2, 0) is 14.3 Å². The van der Waals surface area contributed by atoms with Crippen LogP contribution in [0.2, 0.25) is 0 Å². The molecule has 7 heteroatoms. The molecule has 0 radical (unpaired) electrons. The Morgan fingerprint density at radius 3 is 2.27 bits per heavy atom. The van der Waals surface area contributed by atoms with E-state index in [-0.39, 0.29) is 11.8 Å². The quantitative estimate of drug-likeness (QED) is 0.616. The molecular formula is C23H28N2O5. The van der Waals surface area contributed by atoms with Gasteiger partial charge in [0.2, 0.25) is 0 Å². The fraction of sp³-hybridized carbons (Fsp3) is 0.348. The van der Waals surface area contributed by atoms with Crippen LogP contribution in [0.25, 0.3) is 0 Å². The van der Waals surface area contributed by atoms with Crippen molar-refractivity contribution >= 4 is 23.5 Å². The SMILES string of the molecule is CCOc1ccc(NC(=O)COC(=O)[C@@H](NC(=O)c2ccccc2C)C(C)C)cc1. The lowest BCUT2D eigenvalue weighted by Crippen LogP contribution is -2.46. The molecular weight excluding hydrogens is 384 g/mol. The summed E-state index contributed by atoms with van der Waals surface area (Å²) < 4.78 is 10.5. The minimum absolute atomic E-state index is 0.209. The highest BCUT2D eigenvalue weighted by Gasteiger charge is 2.27. The Morgan fingerprint density at radius 2 is 1.67 bits per heavy atom. The first-order valence-electron chi connectivity index (χ1n) is 9.87. The summed E-state index contributed by atoms with van der Waals surface area (Å²) in [4.78, 5) is 37.1. The molecule has 0 saturated heterocycles. The summed E-state index contributed by atoms with van der Waals surface area (Å²) in [5.41, 5.74) is 1.86. The van der Waals surface area contributed by atoms with Crippen LogP contribution in [0.3, 0.4) is 0 Å². The molecule has 2 N–H and O–H groups in total. The van der Waals surface area contributed by atoms with Crippen LogP contribution in [-0.4, -0.2) is 37.0 Å². The molecule has 0 bridgehead atoms. The van der Waals surface area contributed by atoms with Crippen LogP contribution < -0.4 is 15.4 Å². The van der Waals surface area contributed by atoms with E-state index in [4.69, 9.17) is 9.47 Å². The minimum atomic E-state index is -0.865. The molecule has 2 aromatic rings. The van der Waals surface area contributed by atoms with Crippen LogP contribution in [0.1, 0.15) is 36.7 Å². The van der Waals surface area contributed by atoms with Crippen LogP contribution in [0, 0.1) is 12.8 Å². The fourth-order valence-corrected chi connectivity index (χ4v) is 2.77. The summed E-state index contributed by atoms with van der Waals surface area (Å²) in [5.74, 6) is -0.998. The monoisotopic (exact) mass is 412 g/mol. The summed E-state index contributed by atoms with van der Waals surface area (Å²) in [6.07, 6.45) is 0. The predicted octanol–water partition coefficient (Wildman–Crippen LogP) is 3.33. The van der Waals surface area contributed by atoms with Gasteiger partial charge in [0.25, 0.3) is 11.8 Å². The normalized spacial score (nSPS) is 11.5. The maximum absolute atomic E-state index is 12.5. The number of rotatable bonds is 9. The number of esters is 1. The number of anilines is 1. The van der Waals surface area contributed by atoms with Gasteiger partial charge in [0.05, 0.1) is 6.61 Å². The summed E-state index contributed by atoms with van der Waals surface area (Å²) in [7, 11) is 0. The third-order valence-corrected chi connectivity index (χ3v) is 4.39. The Hall–Kier alpha value is -3.35. The number of carbonyl (C=O) groups excluding carboxylic acids is 3. The summed E-state index contributed by atoms with van der Waals surface area (Å²) >= 11 is 0. The molecule has 0 unspecified atom stereocenters. The van der Waals surface area contributed by atoms with E-state index in [0.717, 1.165) is 5.56 Å². The molecule has 0 heterocycles. The number of hydrogen-bond acceptors (Lipinski definition) is 5. The van der Waals surface area contributed by atoms with Crippen molar-refractivity contribution in [1.82, 2.24) is 5.32 Å². The molecule has 0 spiro atoms. The molecule has 2 amide bonds. The second kappa shape index (κ2) is 11.0. The lowest BCUT2D eigenvalue weighted by molar-refractivity contribution is -0.150. The third kappa shape index (κ3) is 6.62. The molecule has 30 heavy (non-hydrogen) atoms. The highest BCUT2D eigenvalue weighted by molar-refractivity contribution is 5.98. The Balaban J connectivity index is 1.90. The van der Waals surface area contributed by atoms with E-state index in [1.807, 2.05) is 26.0 Å². The smallest absolute Gasteiger partial charge is 0.329 e. The first-order valence-corrected chi connectivity index (χ1v) is 9.87. The number of amides is 2. The molecule has 0 aliphatic rings. The maximum atomic E-state index is 12.5. The second-order valence-electron chi connectivity index (χ2n) is 7.12. The van der Waals surface area contributed by atoms with Gasteiger partial charge in [-0.1, -0.05) is 32.0 Å². The van der Waals surface area contributed by atoms with Gasteiger partial charge in [0.15, 0.2) is 6.61 Å². The Morgan fingerprint density at radius 1 is 1.00 bits per heavy atom. The van der Waals surface area contributed by atoms with Crippen molar-refractivity contribution in [3.63, 3.8) is 0 Å². The van der Waals surface area contributed by atoms with Gasteiger partial charge in [0.1, 0.15) is 11.8 Å². The molecule has 0 saturated carbocycles. The summed E-state index contributed by atoms with van der Waals surface area (Å²) in [6.45, 7) is 7.41. The van der Waals surface area contributed by atoms with Gasteiger partial charge in [-0.15, -0.1) is 0 Å². The Labute approximate surface area is 176 Å². The van der Waals surface area contributed by atoms with E-state index >= 15 is 0 Å². The van der Waals surface area contributed by atoms with Crippen molar-refractivity contribution < 1.29 is 23.9 Å². The van der Waals surface area contributed by atoms with Crippen LogP contribution in [0.15, 0.2) is 48.5 Å². The van der Waals surface area contributed by atoms with Gasteiger partial charge in [0, 0.05) is 11.3 Å². The number of hydrogen-bond donors (Lipinski definition) is 2. The van der Waals surface area contributed by atoms with Crippen molar-refractivity contribution in [3.05, 3.63) is 59.7 Å². The van der Waals surface area contributed by atoms with E-state index in [1.54, 1.807) is 50.2 Å². The van der Waals surface area contributed by atoms with Gasteiger partial charge in [-0.2, -0.15) is 0 Å². The van der Waals surface area contributed by atoms with Crippen LogP contribution in [0.5, 0.6) is 5.75 Å². The minimum Gasteiger partial charge on any atom is -0.494 e. The zero-order valence-electron chi connectivity index (χ0n) is 17.7. The number of nitrogens with one attached hydrogen (secondary N) is 2. The van der Waals surface area contributed by atoms with Crippen molar-refractivity contribution in [2.24, 2.45) is 5.92 Å². The average molecular weight is 412 g/mol. The molecule has 0 aromatic heterocycles. The zero-order valence-corrected chi connectivity index (χ0v) is 17.7. The largest absolute Gasteiger partial charge is 0.494 e. The zero-order chi connectivity index (χ0) is 22.1. The number of aryl methyl sites for hydroxylation is 1. The summed E-state index contributed by atoms with van der Waals surface area (Å²) in [6, 6.07) is 13.1. The highest BCUT2D eigenvalue weighted by Crippen LogP contribution is 2.15. The molecule has 2 rings (SSSR count). The van der Waals surface area contributed by atoms with Gasteiger partial charge in [-0.25, -0.2) is 4.79 Å². The molecule has 160 valence electrons. The van der Waals surface area contributed by atoms with E-state index in [2.05, 4.69) is 10.6 Å². The summed E-state index contributed by atoms with van der Waals surface area (Å²) in [5, 5.41) is 5.36. The van der Waals surface area contributed by atoms with Crippen molar-refractivity contribution in [2.45, 2.75) is 33.7 Å².